The fourth-order valence-corrected chi connectivity index (χ4v) is 1.89. The number of hydrogen-bond donors (Lipinski definition) is 2. The van der Waals surface area contributed by atoms with E-state index in [-0.39, 0.29) is 0 Å². The van der Waals surface area contributed by atoms with E-state index < -0.39 is 0 Å². The summed E-state index contributed by atoms with van der Waals surface area (Å²) in [4.78, 5) is 2.44. The number of nitrogens with zero attached hydrogens (tertiary/aromatic N) is 1. The summed E-state index contributed by atoms with van der Waals surface area (Å²) >= 11 is 0. The molecule has 0 aromatic rings. The summed E-state index contributed by atoms with van der Waals surface area (Å²) in [6, 6.07) is 1.92. The first-order valence-corrected chi connectivity index (χ1v) is 5.26. The third-order valence-electron chi connectivity index (χ3n) is 2.67. The first-order valence-electron chi connectivity index (χ1n) is 5.26. The van der Waals surface area contributed by atoms with Crippen LogP contribution in [0.25, 0.3) is 0 Å². The van der Waals surface area contributed by atoms with Crippen molar-refractivity contribution in [2.75, 3.05) is 13.1 Å². The number of hydrogen-bond acceptors (Lipinski definition) is 3. The summed E-state index contributed by atoms with van der Waals surface area (Å²) in [5.41, 5.74) is 6.05. The minimum atomic E-state index is 0.296. The molecule has 1 heterocycles. The molecule has 1 fully saturated rings. The second-order valence-corrected chi connectivity index (χ2v) is 4.64. The van der Waals surface area contributed by atoms with Crippen molar-refractivity contribution in [3.8, 4) is 0 Å². The van der Waals surface area contributed by atoms with E-state index in [1.165, 1.54) is 0 Å². The Labute approximate surface area is 81.7 Å². The molecule has 0 aliphatic carbocycles. The first kappa shape index (κ1) is 11.0. The Hall–Kier alpha value is -0.120. The summed E-state index contributed by atoms with van der Waals surface area (Å²) in [7, 11) is 0. The Morgan fingerprint density at radius 1 is 1.23 bits per heavy atom. The van der Waals surface area contributed by atoms with Crippen LogP contribution < -0.4 is 11.1 Å². The first-order chi connectivity index (χ1) is 6.00. The summed E-state index contributed by atoms with van der Waals surface area (Å²) in [6.45, 7) is 10.9. The minimum Gasteiger partial charge on any atom is -0.325 e. The largest absolute Gasteiger partial charge is 0.325 e. The van der Waals surface area contributed by atoms with Gasteiger partial charge in [0.2, 0.25) is 0 Å². The zero-order chi connectivity index (χ0) is 10.0. The van der Waals surface area contributed by atoms with E-state index >= 15 is 0 Å². The smallest absolute Gasteiger partial charge is 0.0361 e. The molecule has 3 N–H and O–H groups in total. The molecule has 2 unspecified atom stereocenters. The van der Waals surface area contributed by atoms with E-state index in [0.717, 1.165) is 13.1 Å². The molecule has 3 nitrogen and oxygen atoms in total. The van der Waals surface area contributed by atoms with Crippen molar-refractivity contribution < 1.29 is 0 Å². The highest BCUT2D eigenvalue weighted by molar-refractivity contribution is 4.93. The van der Waals surface area contributed by atoms with Gasteiger partial charge in [0.1, 0.15) is 0 Å². The van der Waals surface area contributed by atoms with Crippen molar-refractivity contribution in [2.24, 2.45) is 5.73 Å². The molecule has 1 aliphatic heterocycles. The number of likely N-dealkylation sites (tertiary alicyclic amines) is 1. The highest BCUT2D eigenvalue weighted by Gasteiger charge is 2.31. The van der Waals surface area contributed by atoms with Crippen LogP contribution in [0.2, 0.25) is 0 Å². The number of rotatable bonds is 3. The van der Waals surface area contributed by atoms with E-state index in [9.17, 15) is 0 Å². The van der Waals surface area contributed by atoms with E-state index in [4.69, 9.17) is 5.73 Å². The van der Waals surface area contributed by atoms with Crippen molar-refractivity contribution in [3.05, 3.63) is 0 Å². The third-order valence-corrected chi connectivity index (χ3v) is 2.67. The van der Waals surface area contributed by atoms with Gasteiger partial charge in [0.15, 0.2) is 0 Å². The maximum absolute atomic E-state index is 6.05. The van der Waals surface area contributed by atoms with Gasteiger partial charge in [-0.2, -0.15) is 0 Å². The van der Waals surface area contributed by atoms with Crippen LogP contribution in [-0.4, -0.2) is 42.2 Å². The molecule has 2 atom stereocenters. The molecule has 3 heteroatoms. The predicted molar refractivity (Wildman–Crippen MR) is 56.7 cm³/mol. The number of nitrogens with two attached hydrogens (primary N) is 1. The van der Waals surface area contributed by atoms with Gasteiger partial charge in [0.25, 0.3) is 0 Å². The number of nitrogens with one attached hydrogen (secondary N) is 1. The van der Waals surface area contributed by atoms with Crippen LogP contribution >= 0.6 is 0 Å². The molecule has 78 valence electrons. The van der Waals surface area contributed by atoms with Crippen LogP contribution in [0.4, 0.5) is 0 Å². The normalized spacial score (nSPS) is 30.7. The van der Waals surface area contributed by atoms with Crippen molar-refractivity contribution in [3.63, 3.8) is 0 Å². The van der Waals surface area contributed by atoms with Gasteiger partial charge in [-0.15, -0.1) is 0 Å². The van der Waals surface area contributed by atoms with Gasteiger partial charge < -0.3 is 11.1 Å². The SMILES string of the molecule is CC(C)NC1CN(C(C)C)CC1N. The second kappa shape index (κ2) is 4.40. The molecule has 1 saturated heterocycles. The highest BCUT2D eigenvalue weighted by Crippen LogP contribution is 2.12. The Morgan fingerprint density at radius 2 is 1.85 bits per heavy atom. The minimum absolute atomic E-state index is 0.296. The molecule has 13 heavy (non-hydrogen) atoms. The van der Waals surface area contributed by atoms with Gasteiger partial charge in [0, 0.05) is 37.3 Å². The maximum Gasteiger partial charge on any atom is 0.0361 e. The second-order valence-electron chi connectivity index (χ2n) is 4.64. The zero-order valence-corrected chi connectivity index (χ0v) is 9.25. The van der Waals surface area contributed by atoms with E-state index in [2.05, 4.69) is 37.9 Å². The third kappa shape index (κ3) is 2.93. The fourth-order valence-electron chi connectivity index (χ4n) is 1.89. The van der Waals surface area contributed by atoms with E-state index in [1.807, 2.05) is 0 Å². The zero-order valence-electron chi connectivity index (χ0n) is 9.25. The van der Waals surface area contributed by atoms with Gasteiger partial charge in [-0.25, -0.2) is 0 Å². The lowest BCUT2D eigenvalue weighted by atomic mass is 10.1. The van der Waals surface area contributed by atoms with Gasteiger partial charge in [-0.05, 0) is 13.8 Å². The van der Waals surface area contributed by atoms with Crippen LogP contribution in [0, 0.1) is 0 Å². The van der Waals surface area contributed by atoms with E-state index in [0.29, 0.717) is 24.2 Å². The summed E-state index contributed by atoms with van der Waals surface area (Å²) < 4.78 is 0. The fraction of sp³-hybridized carbons (Fsp3) is 1.00. The average Bonchev–Trinajstić information content (AvgIpc) is 2.31. The van der Waals surface area contributed by atoms with Gasteiger partial charge >= 0.3 is 0 Å². The lowest BCUT2D eigenvalue weighted by molar-refractivity contribution is 0.265. The van der Waals surface area contributed by atoms with Crippen molar-refractivity contribution >= 4 is 0 Å². The van der Waals surface area contributed by atoms with Crippen LogP contribution in [0.5, 0.6) is 0 Å². The van der Waals surface area contributed by atoms with Gasteiger partial charge in [-0.3, -0.25) is 4.90 Å². The van der Waals surface area contributed by atoms with Crippen LogP contribution in [0.15, 0.2) is 0 Å². The average molecular weight is 185 g/mol. The molecule has 0 saturated carbocycles. The Morgan fingerprint density at radius 3 is 2.23 bits per heavy atom. The molecule has 1 aliphatic rings. The van der Waals surface area contributed by atoms with Crippen molar-refractivity contribution in [1.29, 1.82) is 0 Å². The molecule has 0 bridgehead atoms. The Bertz CT molecular complexity index is 156. The quantitative estimate of drug-likeness (QED) is 0.669. The molecule has 1 rings (SSSR count). The topological polar surface area (TPSA) is 41.3 Å². The Kier molecular flexibility index (Phi) is 3.71. The van der Waals surface area contributed by atoms with Crippen molar-refractivity contribution in [2.45, 2.75) is 51.9 Å². The summed E-state index contributed by atoms with van der Waals surface area (Å²) in [6.07, 6.45) is 0. The van der Waals surface area contributed by atoms with Crippen LogP contribution in [-0.2, 0) is 0 Å². The van der Waals surface area contributed by atoms with Gasteiger partial charge in [-0.1, -0.05) is 13.8 Å². The van der Waals surface area contributed by atoms with Crippen LogP contribution in [0.1, 0.15) is 27.7 Å². The van der Waals surface area contributed by atoms with Gasteiger partial charge in [0.05, 0.1) is 0 Å². The summed E-state index contributed by atoms with van der Waals surface area (Å²) in [5.74, 6) is 0. The van der Waals surface area contributed by atoms with Crippen molar-refractivity contribution in [1.82, 2.24) is 10.2 Å². The summed E-state index contributed by atoms with van der Waals surface area (Å²) in [5, 5.41) is 3.51. The molecular formula is C10H23N3. The molecule has 0 aromatic carbocycles. The van der Waals surface area contributed by atoms with E-state index in [1.54, 1.807) is 0 Å². The Balaban J connectivity index is 2.42. The monoisotopic (exact) mass is 185 g/mol. The molecule has 0 radical (unpaired) electrons. The molecule has 0 amide bonds. The highest BCUT2D eigenvalue weighted by atomic mass is 15.2. The molecule has 0 aromatic heterocycles. The standard InChI is InChI=1S/C10H23N3/c1-7(2)12-10-6-13(8(3)4)5-9(10)11/h7-10,12H,5-6,11H2,1-4H3. The van der Waals surface area contributed by atoms with Crippen LogP contribution in [0.3, 0.4) is 0 Å². The lowest BCUT2D eigenvalue weighted by Gasteiger charge is -2.21. The molecule has 0 spiro atoms. The predicted octanol–water partition coefficient (Wildman–Crippen LogP) is 0.404. The lowest BCUT2D eigenvalue weighted by Crippen LogP contribution is -2.46. The molecular weight excluding hydrogens is 162 g/mol. The maximum atomic E-state index is 6.05.